The lowest BCUT2D eigenvalue weighted by Gasteiger charge is -2.24. The van der Waals surface area contributed by atoms with Crippen LogP contribution in [0.25, 0.3) is 0 Å². The van der Waals surface area contributed by atoms with Gasteiger partial charge in [0.2, 0.25) is 0 Å². The van der Waals surface area contributed by atoms with Crippen molar-refractivity contribution in [2.75, 3.05) is 13.1 Å². The molecule has 1 saturated heterocycles. The number of hydrogen-bond donors (Lipinski definition) is 1. The van der Waals surface area contributed by atoms with E-state index >= 15 is 0 Å². The zero-order valence-corrected chi connectivity index (χ0v) is 15.5. The van der Waals surface area contributed by atoms with E-state index in [0.717, 1.165) is 13.1 Å². The molecule has 2 aromatic rings. The maximum absolute atomic E-state index is 3.97. The van der Waals surface area contributed by atoms with Gasteiger partial charge in [0.1, 0.15) is 0 Å². The van der Waals surface area contributed by atoms with Gasteiger partial charge < -0.3 is 5.32 Å². The van der Waals surface area contributed by atoms with Crippen molar-refractivity contribution in [2.24, 2.45) is 0 Å². The molecule has 1 N–H and O–H groups in total. The number of nitrogens with zero attached hydrogens (tertiary/aromatic N) is 1. The van der Waals surface area contributed by atoms with Crippen molar-refractivity contribution in [3.63, 3.8) is 0 Å². The molecule has 2 unspecified atom stereocenters. The maximum atomic E-state index is 3.97. The van der Waals surface area contributed by atoms with Crippen molar-refractivity contribution < 1.29 is 0 Å². The minimum absolute atomic E-state index is 0.495. The smallest absolute Gasteiger partial charge is 0.0323 e. The number of nitrogens with one attached hydrogen (secondary N) is 1. The van der Waals surface area contributed by atoms with Gasteiger partial charge in [-0.2, -0.15) is 0 Å². The fourth-order valence-corrected chi connectivity index (χ4v) is 3.87. The van der Waals surface area contributed by atoms with Crippen molar-refractivity contribution in [2.45, 2.75) is 57.7 Å². The highest BCUT2D eigenvalue weighted by molar-refractivity contribution is 5.19. The van der Waals surface area contributed by atoms with E-state index in [1.807, 2.05) is 0 Å². The average molecular weight is 337 g/mol. The fourth-order valence-electron chi connectivity index (χ4n) is 3.87. The molecule has 3 rings (SSSR count). The molecule has 0 spiro atoms. The summed E-state index contributed by atoms with van der Waals surface area (Å²) in [5.74, 6) is 0. The molecule has 2 aromatic carbocycles. The molecule has 134 valence electrons. The van der Waals surface area contributed by atoms with Crippen LogP contribution in [0.3, 0.4) is 0 Å². The van der Waals surface area contributed by atoms with Crippen molar-refractivity contribution >= 4 is 0 Å². The molecule has 0 saturated carbocycles. The van der Waals surface area contributed by atoms with Gasteiger partial charge in [-0.1, -0.05) is 86.8 Å². The predicted molar refractivity (Wildman–Crippen MR) is 107 cm³/mol. The molecular formula is C23H32N2. The predicted octanol–water partition coefficient (Wildman–Crippen LogP) is 5.17. The average Bonchev–Trinajstić information content (AvgIpc) is 3.09. The van der Waals surface area contributed by atoms with E-state index in [1.165, 1.54) is 49.8 Å². The first kappa shape index (κ1) is 18.2. The Morgan fingerprint density at radius 2 is 1.72 bits per heavy atom. The normalized spacial score (nSPS) is 19.2. The van der Waals surface area contributed by atoms with E-state index in [0.29, 0.717) is 12.1 Å². The van der Waals surface area contributed by atoms with Gasteiger partial charge in [-0.25, -0.2) is 0 Å². The van der Waals surface area contributed by atoms with Crippen molar-refractivity contribution in [3.8, 4) is 0 Å². The third kappa shape index (κ3) is 5.69. The quantitative estimate of drug-likeness (QED) is 0.635. The Morgan fingerprint density at radius 3 is 2.44 bits per heavy atom. The summed E-state index contributed by atoms with van der Waals surface area (Å²) in [4.78, 5) is 2.58. The molecular weight excluding hydrogens is 304 g/mol. The first-order valence-corrected chi connectivity index (χ1v) is 9.92. The number of likely N-dealkylation sites (tertiary alicyclic amines) is 1. The van der Waals surface area contributed by atoms with Crippen LogP contribution in [0.5, 0.6) is 0 Å². The Bertz CT molecular complexity index is 596. The van der Waals surface area contributed by atoms with E-state index in [4.69, 9.17) is 0 Å². The van der Waals surface area contributed by atoms with Crippen LogP contribution in [0.2, 0.25) is 0 Å². The van der Waals surface area contributed by atoms with E-state index in [-0.39, 0.29) is 0 Å². The molecule has 0 radical (unpaired) electrons. The van der Waals surface area contributed by atoms with Crippen LogP contribution in [-0.2, 0) is 6.54 Å². The highest BCUT2D eigenvalue weighted by Crippen LogP contribution is 2.23. The van der Waals surface area contributed by atoms with Gasteiger partial charge >= 0.3 is 0 Å². The largest absolute Gasteiger partial charge is 0.306 e. The van der Waals surface area contributed by atoms with Gasteiger partial charge in [0.25, 0.3) is 0 Å². The van der Waals surface area contributed by atoms with Crippen LogP contribution in [-0.4, -0.2) is 24.0 Å². The number of benzene rings is 2. The Balaban J connectivity index is 1.55. The summed E-state index contributed by atoms with van der Waals surface area (Å²) in [5, 5.41) is 3.97. The second-order valence-electron chi connectivity index (χ2n) is 7.33. The third-order valence-electron chi connectivity index (χ3n) is 5.26. The second-order valence-corrected chi connectivity index (χ2v) is 7.33. The third-order valence-corrected chi connectivity index (χ3v) is 5.26. The van der Waals surface area contributed by atoms with E-state index in [1.54, 1.807) is 0 Å². The van der Waals surface area contributed by atoms with Gasteiger partial charge in [0, 0.05) is 31.7 Å². The van der Waals surface area contributed by atoms with Gasteiger partial charge in [-0.3, -0.25) is 4.90 Å². The van der Waals surface area contributed by atoms with Crippen LogP contribution in [0.4, 0.5) is 0 Å². The van der Waals surface area contributed by atoms with Gasteiger partial charge in [-0.05, 0) is 24.0 Å². The number of rotatable bonds is 9. The Labute approximate surface area is 153 Å². The SMILES string of the molecule is CCCCCC(NC1CCN(Cc2ccccc2)C1)c1ccccc1. The summed E-state index contributed by atoms with van der Waals surface area (Å²) in [6.07, 6.45) is 6.42. The molecule has 1 aliphatic heterocycles. The number of unbranched alkanes of at least 4 members (excludes halogenated alkanes) is 2. The molecule has 1 heterocycles. The summed E-state index contributed by atoms with van der Waals surface area (Å²) in [7, 11) is 0. The maximum Gasteiger partial charge on any atom is 0.0323 e. The van der Waals surface area contributed by atoms with Crippen LogP contribution in [0, 0.1) is 0 Å². The van der Waals surface area contributed by atoms with Crippen molar-refractivity contribution in [1.82, 2.24) is 10.2 Å². The highest BCUT2D eigenvalue weighted by atomic mass is 15.2. The zero-order chi connectivity index (χ0) is 17.3. The van der Waals surface area contributed by atoms with Gasteiger partial charge in [0.05, 0.1) is 0 Å². The minimum Gasteiger partial charge on any atom is -0.306 e. The summed E-state index contributed by atoms with van der Waals surface area (Å²) in [5.41, 5.74) is 2.87. The van der Waals surface area contributed by atoms with E-state index < -0.39 is 0 Å². The monoisotopic (exact) mass is 336 g/mol. The molecule has 25 heavy (non-hydrogen) atoms. The fraction of sp³-hybridized carbons (Fsp3) is 0.478. The minimum atomic E-state index is 0.495. The van der Waals surface area contributed by atoms with Crippen molar-refractivity contribution in [3.05, 3.63) is 71.8 Å². The molecule has 2 nitrogen and oxygen atoms in total. The first-order chi connectivity index (χ1) is 12.3. The zero-order valence-electron chi connectivity index (χ0n) is 15.5. The summed E-state index contributed by atoms with van der Waals surface area (Å²) < 4.78 is 0. The Kier molecular flexibility index (Phi) is 7.08. The lowest BCUT2D eigenvalue weighted by Crippen LogP contribution is -2.35. The highest BCUT2D eigenvalue weighted by Gasteiger charge is 2.25. The van der Waals surface area contributed by atoms with Crippen LogP contribution >= 0.6 is 0 Å². The standard InChI is InChI=1S/C23H32N2/c1-2-3-6-15-23(21-13-9-5-10-14-21)24-22-16-17-25(19-22)18-20-11-7-4-8-12-20/h4-5,7-14,22-24H,2-3,6,15-19H2,1H3. The molecule has 0 aliphatic carbocycles. The van der Waals surface area contributed by atoms with Crippen molar-refractivity contribution in [1.29, 1.82) is 0 Å². The molecule has 0 bridgehead atoms. The van der Waals surface area contributed by atoms with E-state index in [2.05, 4.69) is 77.8 Å². The topological polar surface area (TPSA) is 15.3 Å². The van der Waals surface area contributed by atoms with Crippen LogP contribution in [0.1, 0.15) is 56.2 Å². The lowest BCUT2D eigenvalue weighted by molar-refractivity contribution is 0.312. The summed E-state index contributed by atoms with van der Waals surface area (Å²) in [6.45, 7) is 5.71. The Morgan fingerprint density at radius 1 is 1.00 bits per heavy atom. The van der Waals surface area contributed by atoms with Gasteiger partial charge in [-0.15, -0.1) is 0 Å². The molecule has 1 fully saturated rings. The summed E-state index contributed by atoms with van der Waals surface area (Å²) in [6, 6.07) is 22.9. The summed E-state index contributed by atoms with van der Waals surface area (Å²) >= 11 is 0. The molecule has 0 amide bonds. The molecule has 2 heteroatoms. The first-order valence-electron chi connectivity index (χ1n) is 9.92. The molecule has 0 aromatic heterocycles. The van der Waals surface area contributed by atoms with Crippen LogP contribution in [0.15, 0.2) is 60.7 Å². The van der Waals surface area contributed by atoms with Crippen LogP contribution < -0.4 is 5.32 Å². The lowest BCUT2D eigenvalue weighted by atomic mass is 9.99. The van der Waals surface area contributed by atoms with Gasteiger partial charge in [0.15, 0.2) is 0 Å². The second kappa shape index (κ2) is 9.74. The Hall–Kier alpha value is -1.64. The molecule has 1 aliphatic rings. The van der Waals surface area contributed by atoms with E-state index in [9.17, 15) is 0 Å². The number of hydrogen-bond acceptors (Lipinski definition) is 2. The molecule has 2 atom stereocenters.